The average molecular weight is 304 g/mol. The first-order valence-corrected chi connectivity index (χ1v) is 4.69. The van der Waals surface area contributed by atoms with E-state index in [1.807, 2.05) is 0 Å². The molecule has 1 rings (SSSR count). The molecule has 110 valence electrons. The van der Waals surface area contributed by atoms with E-state index in [0.717, 1.165) is 0 Å². The third kappa shape index (κ3) is 2.91. The van der Waals surface area contributed by atoms with Crippen molar-refractivity contribution in [3.63, 3.8) is 0 Å². The highest BCUT2D eigenvalue weighted by molar-refractivity contribution is 5.75. The van der Waals surface area contributed by atoms with E-state index in [-0.39, 0.29) is 6.07 Å². The fourth-order valence-electron chi connectivity index (χ4n) is 1.33. The minimum Gasteiger partial charge on any atom is -0.465 e. The highest BCUT2D eigenvalue weighted by Crippen LogP contribution is 2.43. The Bertz CT molecular complexity index is 569. The normalized spacial score (nSPS) is 11.2. The lowest BCUT2D eigenvalue weighted by Crippen LogP contribution is -2.15. The summed E-state index contributed by atoms with van der Waals surface area (Å²) in [5, 5.41) is 0. The number of hydrogen-bond acceptors (Lipinski definition) is 1. The molecule has 0 aliphatic carbocycles. The van der Waals surface area contributed by atoms with Crippen molar-refractivity contribution >= 4 is 5.57 Å². The smallest absolute Gasteiger partial charge is 0.422 e. The van der Waals surface area contributed by atoms with Crippen LogP contribution in [0.3, 0.4) is 0 Å². The minimum absolute atomic E-state index is 0.00407. The van der Waals surface area contributed by atoms with Gasteiger partial charge in [0.2, 0.25) is 0 Å². The van der Waals surface area contributed by atoms with Crippen molar-refractivity contribution in [3.05, 3.63) is 48.0 Å². The van der Waals surface area contributed by atoms with Crippen LogP contribution in [-0.4, -0.2) is 6.18 Å². The molecule has 0 radical (unpaired) electrons. The highest BCUT2D eigenvalue weighted by Gasteiger charge is 2.43. The number of alkyl halides is 3. The molecule has 1 nitrogen and oxygen atoms in total. The monoisotopic (exact) mass is 304 g/mol. The van der Waals surface area contributed by atoms with Gasteiger partial charge >= 0.3 is 6.18 Å². The van der Waals surface area contributed by atoms with Crippen molar-refractivity contribution in [2.75, 3.05) is 0 Å². The Hall–Kier alpha value is -2.06. The zero-order valence-corrected chi connectivity index (χ0v) is 9.29. The zero-order chi connectivity index (χ0) is 15.7. The van der Waals surface area contributed by atoms with Crippen LogP contribution in [0.15, 0.2) is 25.0 Å². The standard InChI is InChI=1S/C11H4F8O/c1-2-20-5-3-4(12)8(13)9(14)6(5)7(10(15)16)11(17,18)19/h2-3H,1H2. The summed E-state index contributed by atoms with van der Waals surface area (Å²) in [5.41, 5.74) is -4.69. The molecule has 0 saturated carbocycles. The van der Waals surface area contributed by atoms with Crippen molar-refractivity contribution in [2.24, 2.45) is 0 Å². The van der Waals surface area contributed by atoms with Gasteiger partial charge in [-0.25, -0.2) is 13.2 Å². The topological polar surface area (TPSA) is 9.23 Å². The number of hydrogen-bond donors (Lipinski definition) is 0. The Balaban J connectivity index is 3.78. The molecule has 0 saturated heterocycles. The quantitative estimate of drug-likeness (QED) is 0.443. The fraction of sp³-hybridized carbons (Fsp3) is 0.0909. The summed E-state index contributed by atoms with van der Waals surface area (Å²) in [5.74, 6) is -7.96. The van der Waals surface area contributed by atoms with Crippen molar-refractivity contribution in [1.29, 1.82) is 0 Å². The lowest BCUT2D eigenvalue weighted by atomic mass is 10.0. The third-order valence-electron chi connectivity index (χ3n) is 2.06. The summed E-state index contributed by atoms with van der Waals surface area (Å²) in [4.78, 5) is 0. The van der Waals surface area contributed by atoms with E-state index in [0.29, 0.717) is 6.26 Å². The van der Waals surface area contributed by atoms with Gasteiger partial charge in [-0.05, 0) is 0 Å². The summed E-state index contributed by atoms with van der Waals surface area (Å²) in [6, 6.07) is 0.00407. The second-order valence-corrected chi connectivity index (χ2v) is 3.28. The predicted molar refractivity (Wildman–Crippen MR) is 52.3 cm³/mol. The molecule has 0 aliphatic heterocycles. The van der Waals surface area contributed by atoms with Crippen LogP contribution in [0.2, 0.25) is 0 Å². The van der Waals surface area contributed by atoms with Gasteiger partial charge in [0.1, 0.15) is 11.3 Å². The first kappa shape index (κ1) is 16.0. The summed E-state index contributed by atoms with van der Waals surface area (Å²) < 4.78 is 106. The summed E-state index contributed by atoms with van der Waals surface area (Å²) in [7, 11) is 0. The molecule has 0 aliphatic rings. The average Bonchev–Trinajstić information content (AvgIpc) is 2.29. The van der Waals surface area contributed by atoms with E-state index in [2.05, 4.69) is 11.3 Å². The van der Waals surface area contributed by atoms with Crippen LogP contribution in [0, 0.1) is 17.5 Å². The van der Waals surface area contributed by atoms with Crippen LogP contribution in [0.25, 0.3) is 5.57 Å². The fourth-order valence-corrected chi connectivity index (χ4v) is 1.33. The van der Waals surface area contributed by atoms with E-state index in [1.165, 1.54) is 0 Å². The molecular weight excluding hydrogens is 300 g/mol. The van der Waals surface area contributed by atoms with Gasteiger partial charge < -0.3 is 4.74 Å². The first-order chi connectivity index (χ1) is 9.11. The maximum atomic E-state index is 13.4. The van der Waals surface area contributed by atoms with Gasteiger partial charge in [-0.3, -0.25) is 0 Å². The molecule has 0 N–H and O–H groups in total. The maximum Gasteiger partial charge on any atom is 0.422 e. The van der Waals surface area contributed by atoms with Crippen molar-refractivity contribution < 1.29 is 39.9 Å². The molecule has 0 fully saturated rings. The second kappa shape index (κ2) is 5.51. The molecule has 20 heavy (non-hydrogen) atoms. The molecule has 1 aromatic carbocycles. The second-order valence-electron chi connectivity index (χ2n) is 3.28. The lowest BCUT2D eigenvalue weighted by Gasteiger charge is -2.15. The Morgan fingerprint density at radius 3 is 2.05 bits per heavy atom. The molecular formula is C11H4F8O. The predicted octanol–water partition coefficient (Wildman–Crippen LogP) is 4.80. The van der Waals surface area contributed by atoms with Gasteiger partial charge in [-0.1, -0.05) is 6.58 Å². The van der Waals surface area contributed by atoms with Crippen LogP contribution in [-0.2, 0) is 0 Å². The Labute approximate surface area is 106 Å². The van der Waals surface area contributed by atoms with E-state index in [9.17, 15) is 35.1 Å². The lowest BCUT2D eigenvalue weighted by molar-refractivity contribution is -0.0714. The number of rotatable bonds is 3. The van der Waals surface area contributed by atoms with Crippen LogP contribution in [0.5, 0.6) is 5.75 Å². The van der Waals surface area contributed by atoms with Crippen LogP contribution in [0.1, 0.15) is 5.56 Å². The van der Waals surface area contributed by atoms with E-state index < -0.39 is 46.6 Å². The number of allylic oxidation sites excluding steroid dienone is 1. The molecule has 9 heteroatoms. The Kier molecular flexibility index (Phi) is 4.41. The molecule has 0 unspecified atom stereocenters. The van der Waals surface area contributed by atoms with Crippen LogP contribution < -0.4 is 4.74 Å². The third-order valence-corrected chi connectivity index (χ3v) is 2.06. The minimum atomic E-state index is -5.71. The van der Waals surface area contributed by atoms with Gasteiger partial charge in [0, 0.05) is 6.07 Å². The van der Waals surface area contributed by atoms with Crippen molar-refractivity contribution in [1.82, 2.24) is 0 Å². The van der Waals surface area contributed by atoms with Gasteiger partial charge in [0.25, 0.3) is 6.08 Å². The molecule has 0 heterocycles. The summed E-state index contributed by atoms with van der Waals surface area (Å²) >= 11 is 0. The Morgan fingerprint density at radius 1 is 1.10 bits per heavy atom. The van der Waals surface area contributed by atoms with Gasteiger partial charge in [-0.2, -0.15) is 22.0 Å². The number of benzene rings is 1. The molecule has 1 aromatic rings. The van der Waals surface area contributed by atoms with Gasteiger partial charge in [-0.15, -0.1) is 0 Å². The molecule has 0 amide bonds. The van der Waals surface area contributed by atoms with Crippen molar-refractivity contribution in [2.45, 2.75) is 6.18 Å². The van der Waals surface area contributed by atoms with E-state index in [1.54, 1.807) is 0 Å². The van der Waals surface area contributed by atoms with E-state index >= 15 is 0 Å². The van der Waals surface area contributed by atoms with Gasteiger partial charge in [0.05, 0.1) is 11.8 Å². The first-order valence-electron chi connectivity index (χ1n) is 4.69. The van der Waals surface area contributed by atoms with Crippen molar-refractivity contribution in [3.8, 4) is 5.75 Å². The number of halogens is 8. The summed E-state index contributed by atoms with van der Waals surface area (Å²) in [6.07, 6.45) is -8.58. The highest BCUT2D eigenvalue weighted by atomic mass is 19.4. The van der Waals surface area contributed by atoms with Crippen LogP contribution >= 0.6 is 0 Å². The van der Waals surface area contributed by atoms with Crippen LogP contribution in [0.4, 0.5) is 35.1 Å². The zero-order valence-electron chi connectivity index (χ0n) is 9.29. The molecule has 0 aromatic heterocycles. The maximum absolute atomic E-state index is 13.4. The summed E-state index contributed by atoms with van der Waals surface area (Å²) in [6.45, 7) is 2.90. The molecule has 0 atom stereocenters. The van der Waals surface area contributed by atoms with E-state index in [4.69, 9.17) is 0 Å². The Morgan fingerprint density at radius 2 is 1.65 bits per heavy atom. The molecule has 0 bridgehead atoms. The van der Waals surface area contributed by atoms with Gasteiger partial charge in [0.15, 0.2) is 17.5 Å². The SMILES string of the molecule is C=COc1cc(F)c(F)c(F)c1C(=C(F)F)C(F)(F)F. The largest absolute Gasteiger partial charge is 0.465 e. The number of ether oxygens (including phenoxy) is 1. The molecule has 0 spiro atoms.